The van der Waals surface area contributed by atoms with Crippen LogP contribution in [0.2, 0.25) is 0 Å². The molecule has 0 radical (unpaired) electrons. The molecule has 7 heteroatoms. The van der Waals surface area contributed by atoms with Gasteiger partial charge in [0.2, 0.25) is 0 Å². The van der Waals surface area contributed by atoms with Crippen molar-refractivity contribution >= 4 is 59.6 Å². The smallest absolute Gasteiger partial charge is 0.347 e. The summed E-state index contributed by atoms with van der Waals surface area (Å²) in [6, 6.07) is 11.9. The van der Waals surface area contributed by atoms with Crippen LogP contribution >= 0.6 is 31.9 Å². The zero-order chi connectivity index (χ0) is 19.3. The molecule has 0 aliphatic rings. The van der Waals surface area contributed by atoms with Crippen LogP contribution in [-0.2, 0) is 0 Å². The number of fused-ring (bicyclic) bond motifs is 2. The van der Waals surface area contributed by atoms with Crippen LogP contribution in [0.15, 0.2) is 69.8 Å². The number of carbonyl (C=O) groups is 1. The first kappa shape index (κ1) is 17.9. The third kappa shape index (κ3) is 3.07. The molecule has 4 aromatic rings. The van der Waals surface area contributed by atoms with Gasteiger partial charge in [-0.25, -0.2) is 9.59 Å². The maximum atomic E-state index is 12.6. The zero-order valence-electron chi connectivity index (χ0n) is 13.8. The summed E-state index contributed by atoms with van der Waals surface area (Å²) < 4.78 is 12.3. The topological polar surface area (TPSA) is 77.5 Å². The SMILES string of the molecule is CC(=O)c1cc2cccc(-c3cc4cc(Br)cc(Br)c4oc3=O)c2oc1=O. The minimum atomic E-state index is -0.738. The van der Waals surface area contributed by atoms with Crippen molar-refractivity contribution in [3.8, 4) is 11.1 Å². The summed E-state index contributed by atoms with van der Waals surface area (Å²) in [4.78, 5) is 36.3. The summed E-state index contributed by atoms with van der Waals surface area (Å²) in [7, 11) is 0. The second-order valence-electron chi connectivity index (χ2n) is 5.98. The summed E-state index contributed by atoms with van der Waals surface area (Å²) in [5.41, 5.74) is 0.0106. The van der Waals surface area contributed by atoms with Crippen LogP contribution in [-0.4, -0.2) is 5.78 Å². The van der Waals surface area contributed by atoms with Crippen LogP contribution in [0.4, 0.5) is 0 Å². The summed E-state index contributed by atoms with van der Waals surface area (Å²) >= 11 is 6.79. The monoisotopic (exact) mass is 488 g/mol. The van der Waals surface area contributed by atoms with E-state index in [-0.39, 0.29) is 22.5 Å². The lowest BCUT2D eigenvalue weighted by Crippen LogP contribution is -2.11. The predicted molar refractivity (Wildman–Crippen MR) is 109 cm³/mol. The van der Waals surface area contributed by atoms with Crippen molar-refractivity contribution < 1.29 is 13.6 Å². The number of Topliss-reactive ketones (excluding diaryl/α,β-unsaturated/α-hetero) is 1. The van der Waals surface area contributed by atoms with E-state index in [1.807, 2.05) is 6.07 Å². The van der Waals surface area contributed by atoms with Gasteiger partial charge in [0.15, 0.2) is 11.4 Å². The Morgan fingerprint density at radius 2 is 1.59 bits per heavy atom. The Balaban J connectivity index is 2.07. The van der Waals surface area contributed by atoms with Crippen molar-refractivity contribution in [3.05, 3.63) is 77.8 Å². The minimum Gasteiger partial charge on any atom is -0.422 e. The normalized spacial score (nSPS) is 11.2. The number of halogens is 2. The van der Waals surface area contributed by atoms with E-state index in [1.54, 1.807) is 30.3 Å². The van der Waals surface area contributed by atoms with Gasteiger partial charge in [-0.15, -0.1) is 0 Å². The minimum absolute atomic E-state index is 0.0296. The molecular weight excluding hydrogens is 480 g/mol. The Kier molecular flexibility index (Phi) is 4.36. The molecule has 0 unspecified atom stereocenters. The standard InChI is InChI=1S/C20H10Br2O5/c1-9(23)14-6-10-3-2-4-13(17(10)26-19(14)24)15-7-11-5-12(21)8-16(22)18(11)27-20(15)25/h2-8H,1H3. The number of hydrogen-bond acceptors (Lipinski definition) is 5. The Bertz CT molecular complexity index is 1360. The Labute approximate surface area is 168 Å². The molecule has 0 aliphatic heterocycles. The maximum Gasteiger partial charge on any atom is 0.347 e. The van der Waals surface area contributed by atoms with Gasteiger partial charge in [-0.1, -0.05) is 34.1 Å². The first-order chi connectivity index (χ1) is 12.8. The molecule has 0 N–H and O–H groups in total. The predicted octanol–water partition coefficient (Wildman–Crippen LogP) is 5.29. The highest BCUT2D eigenvalue weighted by Gasteiger charge is 2.17. The molecule has 0 saturated heterocycles. The number of rotatable bonds is 2. The summed E-state index contributed by atoms with van der Waals surface area (Å²) in [5.74, 6) is -0.379. The highest BCUT2D eigenvalue weighted by molar-refractivity contribution is 9.11. The van der Waals surface area contributed by atoms with Crippen molar-refractivity contribution in [2.24, 2.45) is 0 Å². The molecule has 27 heavy (non-hydrogen) atoms. The largest absolute Gasteiger partial charge is 0.422 e. The van der Waals surface area contributed by atoms with E-state index in [2.05, 4.69) is 31.9 Å². The van der Waals surface area contributed by atoms with Crippen LogP contribution in [0.3, 0.4) is 0 Å². The van der Waals surface area contributed by atoms with Crippen molar-refractivity contribution in [1.82, 2.24) is 0 Å². The van der Waals surface area contributed by atoms with E-state index in [1.165, 1.54) is 13.0 Å². The van der Waals surface area contributed by atoms with E-state index < -0.39 is 11.3 Å². The second kappa shape index (κ2) is 6.58. The van der Waals surface area contributed by atoms with Gasteiger partial charge >= 0.3 is 11.3 Å². The Morgan fingerprint density at radius 1 is 0.852 bits per heavy atom. The molecule has 0 bridgehead atoms. The van der Waals surface area contributed by atoms with E-state index in [4.69, 9.17) is 8.83 Å². The Hall–Kier alpha value is -2.51. The number of hydrogen-bond donors (Lipinski definition) is 0. The molecule has 0 amide bonds. The van der Waals surface area contributed by atoms with Crippen LogP contribution in [0.25, 0.3) is 33.1 Å². The van der Waals surface area contributed by atoms with E-state index >= 15 is 0 Å². The molecular formula is C20H10Br2O5. The third-order valence-electron chi connectivity index (χ3n) is 4.18. The van der Waals surface area contributed by atoms with Gasteiger partial charge in [0, 0.05) is 20.8 Å². The first-order valence-electron chi connectivity index (χ1n) is 7.86. The lowest BCUT2D eigenvalue weighted by molar-refractivity contribution is 0.101. The zero-order valence-corrected chi connectivity index (χ0v) is 17.0. The molecule has 2 aromatic heterocycles. The molecule has 5 nitrogen and oxygen atoms in total. The fourth-order valence-corrected chi connectivity index (χ4v) is 4.29. The second-order valence-corrected chi connectivity index (χ2v) is 7.75. The van der Waals surface area contributed by atoms with Gasteiger partial charge in [-0.2, -0.15) is 0 Å². The lowest BCUT2D eigenvalue weighted by atomic mass is 10.0. The Morgan fingerprint density at radius 3 is 2.33 bits per heavy atom. The van der Waals surface area contributed by atoms with Crippen LogP contribution in [0.1, 0.15) is 17.3 Å². The molecule has 2 heterocycles. The number of carbonyl (C=O) groups excluding carboxylic acids is 1. The van der Waals surface area contributed by atoms with E-state index in [0.717, 1.165) is 4.47 Å². The van der Waals surface area contributed by atoms with Crippen LogP contribution < -0.4 is 11.3 Å². The van der Waals surface area contributed by atoms with E-state index in [0.29, 0.717) is 26.4 Å². The van der Waals surface area contributed by atoms with Crippen molar-refractivity contribution in [2.75, 3.05) is 0 Å². The highest BCUT2D eigenvalue weighted by atomic mass is 79.9. The molecule has 0 spiro atoms. The molecule has 4 rings (SSSR count). The van der Waals surface area contributed by atoms with Crippen molar-refractivity contribution in [3.63, 3.8) is 0 Å². The van der Waals surface area contributed by atoms with E-state index in [9.17, 15) is 14.4 Å². The third-order valence-corrected chi connectivity index (χ3v) is 5.23. The summed E-state index contributed by atoms with van der Waals surface area (Å²) in [6.07, 6.45) is 0. The fraction of sp³-hybridized carbons (Fsp3) is 0.0500. The first-order valence-corrected chi connectivity index (χ1v) is 9.45. The maximum absolute atomic E-state index is 12.6. The molecule has 0 saturated carbocycles. The molecule has 2 aromatic carbocycles. The molecule has 0 aliphatic carbocycles. The number of para-hydroxylation sites is 1. The number of benzene rings is 2. The molecule has 0 atom stereocenters. The van der Waals surface area contributed by atoms with Crippen LogP contribution in [0, 0.1) is 0 Å². The lowest BCUT2D eigenvalue weighted by Gasteiger charge is -2.07. The van der Waals surface area contributed by atoms with Gasteiger partial charge in [0.1, 0.15) is 11.1 Å². The van der Waals surface area contributed by atoms with Gasteiger partial charge in [0.25, 0.3) is 0 Å². The quantitative estimate of drug-likeness (QED) is 0.282. The van der Waals surface area contributed by atoms with Crippen LogP contribution in [0.5, 0.6) is 0 Å². The number of ketones is 1. The summed E-state index contributed by atoms with van der Waals surface area (Å²) in [5, 5.41) is 1.25. The highest BCUT2D eigenvalue weighted by Crippen LogP contribution is 2.32. The average Bonchev–Trinajstić information content (AvgIpc) is 2.61. The van der Waals surface area contributed by atoms with Gasteiger partial charge in [-0.3, -0.25) is 4.79 Å². The van der Waals surface area contributed by atoms with Crippen molar-refractivity contribution in [2.45, 2.75) is 6.92 Å². The van der Waals surface area contributed by atoms with Gasteiger partial charge in [-0.05, 0) is 47.1 Å². The summed E-state index contributed by atoms with van der Waals surface area (Å²) in [6.45, 7) is 1.30. The molecule has 134 valence electrons. The van der Waals surface area contributed by atoms with Gasteiger partial charge < -0.3 is 8.83 Å². The molecule has 0 fully saturated rings. The fourth-order valence-electron chi connectivity index (χ4n) is 2.95. The van der Waals surface area contributed by atoms with Gasteiger partial charge in [0.05, 0.1) is 10.0 Å². The average molecular weight is 490 g/mol. The van der Waals surface area contributed by atoms with Crippen molar-refractivity contribution in [1.29, 1.82) is 0 Å².